The Morgan fingerprint density at radius 3 is 2.15 bits per heavy atom. The summed E-state index contributed by atoms with van der Waals surface area (Å²) in [5.41, 5.74) is 0. The highest BCUT2D eigenvalue weighted by Crippen LogP contribution is 2.32. The molecule has 0 aliphatic heterocycles. The highest BCUT2D eigenvalue weighted by Gasteiger charge is 2.18. The molecule has 1 aromatic carbocycles. The van der Waals surface area contributed by atoms with Crippen LogP contribution in [0.15, 0.2) is 17.0 Å². The average Bonchev–Trinajstić information content (AvgIpc) is 1.98. The molecule has 0 N–H and O–H groups in total. The Kier molecular flexibility index (Phi) is 3.07. The molecule has 0 saturated carbocycles. The fraction of sp³-hybridized carbons (Fsp3) is 0. The molecule has 1 aromatic rings. The summed E-state index contributed by atoms with van der Waals surface area (Å²) in [6, 6.07) is 1.83. The molecule has 0 saturated heterocycles. The van der Waals surface area contributed by atoms with Crippen LogP contribution in [0.1, 0.15) is 0 Å². The molecule has 13 heavy (non-hydrogen) atoms. The molecule has 0 atom stereocenters. The molecule has 72 valence electrons. The summed E-state index contributed by atoms with van der Waals surface area (Å²) < 4.78 is 34.3. The van der Waals surface area contributed by atoms with Crippen molar-refractivity contribution in [2.75, 3.05) is 0 Å². The maximum absolute atomic E-state index is 12.7. The second kappa shape index (κ2) is 3.61. The molecule has 0 amide bonds. The van der Waals surface area contributed by atoms with Crippen molar-refractivity contribution < 1.29 is 12.8 Å². The van der Waals surface area contributed by atoms with E-state index in [1.807, 2.05) is 0 Å². The van der Waals surface area contributed by atoms with Gasteiger partial charge >= 0.3 is 0 Å². The number of rotatable bonds is 1. The van der Waals surface area contributed by atoms with Crippen molar-refractivity contribution in [3.63, 3.8) is 0 Å². The first-order chi connectivity index (χ1) is 5.84. The van der Waals surface area contributed by atoms with Crippen molar-refractivity contribution in [3.05, 3.63) is 28.0 Å². The molecular formula is C6H2Cl3FO2S. The monoisotopic (exact) mass is 262 g/mol. The molecular weight excluding hydrogens is 261 g/mol. The van der Waals surface area contributed by atoms with Crippen molar-refractivity contribution >= 4 is 42.9 Å². The zero-order valence-electron chi connectivity index (χ0n) is 5.89. The van der Waals surface area contributed by atoms with Gasteiger partial charge in [0.15, 0.2) is 0 Å². The SMILES string of the molecule is O=S(=O)(Cl)c1ccc(F)c(Cl)c1Cl. The van der Waals surface area contributed by atoms with Gasteiger partial charge in [0.25, 0.3) is 9.05 Å². The summed E-state index contributed by atoms with van der Waals surface area (Å²) >= 11 is 10.8. The van der Waals surface area contributed by atoms with E-state index in [0.717, 1.165) is 12.1 Å². The van der Waals surface area contributed by atoms with Crippen molar-refractivity contribution in [2.24, 2.45) is 0 Å². The van der Waals surface area contributed by atoms with Gasteiger partial charge in [-0.2, -0.15) is 0 Å². The maximum atomic E-state index is 12.7. The standard InChI is InChI=1S/C6H2Cl3FO2S/c7-5-3(10)1-2-4(6(5)8)13(9,11)12/h1-2H. The molecule has 0 aromatic heterocycles. The minimum Gasteiger partial charge on any atom is -0.207 e. The van der Waals surface area contributed by atoms with Crippen molar-refractivity contribution in [1.29, 1.82) is 0 Å². The van der Waals surface area contributed by atoms with Gasteiger partial charge in [-0.15, -0.1) is 0 Å². The Labute approximate surface area is 88.6 Å². The summed E-state index contributed by atoms with van der Waals surface area (Å²) in [5.74, 6) is -0.796. The van der Waals surface area contributed by atoms with E-state index in [1.54, 1.807) is 0 Å². The zero-order valence-corrected chi connectivity index (χ0v) is 8.98. The summed E-state index contributed by atoms with van der Waals surface area (Å²) in [4.78, 5) is -0.401. The summed E-state index contributed by atoms with van der Waals surface area (Å²) in [7, 11) is 1.01. The first-order valence-electron chi connectivity index (χ1n) is 2.92. The van der Waals surface area contributed by atoms with Crippen LogP contribution in [-0.4, -0.2) is 8.42 Å². The third-order valence-corrected chi connectivity index (χ3v) is 3.60. The normalized spacial score (nSPS) is 11.7. The third-order valence-electron chi connectivity index (χ3n) is 1.26. The van der Waals surface area contributed by atoms with Crippen LogP contribution in [0.3, 0.4) is 0 Å². The first kappa shape index (κ1) is 11.0. The number of halogens is 4. The van der Waals surface area contributed by atoms with Crippen LogP contribution in [0, 0.1) is 5.82 Å². The van der Waals surface area contributed by atoms with Gasteiger partial charge in [0, 0.05) is 10.7 Å². The van der Waals surface area contributed by atoms with Gasteiger partial charge in [0.05, 0.1) is 10.0 Å². The minimum absolute atomic E-state index is 0.401. The van der Waals surface area contributed by atoms with Crippen LogP contribution in [0.2, 0.25) is 10.0 Å². The Hall–Kier alpha value is -0.0300. The van der Waals surface area contributed by atoms with Gasteiger partial charge < -0.3 is 0 Å². The number of hydrogen-bond donors (Lipinski definition) is 0. The molecule has 0 spiro atoms. The predicted molar refractivity (Wildman–Crippen MR) is 49.5 cm³/mol. The molecule has 2 nitrogen and oxygen atoms in total. The minimum atomic E-state index is -3.98. The van der Waals surface area contributed by atoms with Crippen molar-refractivity contribution in [3.8, 4) is 0 Å². The fourth-order valence-electron chi connectivity index (χ4n) is 0.696. The Morgan fingerprint density at radius 2 is 1.69 bits per heavy atom. The van der Waals surface area contributed by atoms with Gasteiger partial charge in [-0.05, 0) is 12.1 Å². The van der Waals surface area contributed by atoms with Crippen LogP contribution in [-0.2, 0) is 9.05 Å². The summed E-state index contributed by atoms with van der Waals surface area (Å²) in [6.45, 7) is 0. The van der Waals surface area contributed by atoms with Gasteiger partial charge in [0.2, 0.25) is 0 Å². The lowest BCUT2D eigenvalue weighted by Gasteiger charge is -2.01. The average molecular weight is 264 g/mol. The number of benzene rings is 1. The molecule has 0 fully saturated rings. The van der Waals surface area contributed by atoms with E-state index < -0.39 is 29.8 Å². The Morgan fingerprint density at radius 1 is 1.15 bits per heavy atom. The summed E-state index contributed by atoms with van der Waals surface area (Å²) in [5, 5.41) is -0.861. The third kappa shape index (κ3) is 2.26. The van der Waals surface area contributed by atoms with Crippen molar-refractivity contribution in [2.45, 2.75) is 4.90 Å². The highest BCUT2D eigenvalue weighted by molar-refractivity contribution is 8.13. The van der Waals surface area contributed by atoms with Gasteiger partial charge in [-0.1, -0.05) is 23.2 Å². The van der Waals surface area contributed by atoms with Crippen LogP contribution >= 0.6 is 33.9 Å². The van der Waals surface area contributed by atoms with E-state index in [2.05, 4.69) is 0 Å². The lowest BCUT2D eigenvalue weighted by Crippen LogP contribution is -1.93. The molecule has 1 rings (SSSR count). The van der Waals surface area contributed by atoms with Gasteiger partial charge in [-0.25, -0.2) is 12.8 Å². The second-order valence-electron chi connectivity index (χ2n) is 2.11. The van der Waals surface area contributed by atoms with E-state index in [0.29, 0.717) is 0 Å². The maximum Gasteiger partial charge on any atom is 0.262 e. The smallest absolute Gasteiger partial charge is 0.207 e. The molecule has 0 bridgehead atoms. The summed E-state index contributed by atoms with van der Waals surface area (Å²) in [6.07, 6.45) is 0. The van der Waals surface area contributed by atoms with Gasteiger partial charge in [0.1, 0.15) is 10.7 Å². The van der Waals surface area contributed by atoms with E-state index in [1.165, 1.54) is 0 Å². The van der Waals surface area contributed by atoms with E-state index >= 15 is 0 Å². The molecule has 0 heterocycles. The van der Waals surface area contributed by atoms with Crippen LogP contribution in [0.5, 0.6) is 0 Å². The lowest BCUT2D eigenvalue weighted by atomic mass is 10.3. The first-order valence-corrected chi connectivity index (χ1v) is 5.98. The van der Waals surface area contributed by atoms with E-state index in [-0.39, 0.29) is 0 Å². The molecule has 0 aliphatic carbocycles. The fourth-order valence-corrected chi connectivity index (χ4v) is 2.43. The van der Waals surface area contributed by atoms with Crippen LogP contribution in [0.25, 0.3) is 0 Å². The lowest BCUT2D eigenvalue weighted by molar-refractivity contribution is 0.607. The highest BCUT2D eigenvalue weighted by atomic mass is 35.7. The van der Waals surface area contributed by atoms with E-state index in [4.69, 9.17) is 33.9 Å². The van der Waals surface area contributed by atoms with Crippen LogP contribution < -0.4 is 0 Å². The Balaban J connectivity index is 3.53. The molecule has 0 aliphatic rings. The topological polar surface area (TPSA) is 34.1 Å². The second-order valence-corrected chi connectivity index (χ2v) is 5.40. The molecule has 0 unspecified atom stereocenters. The van der Waals surface area contributed by atoms with Gasteiger partial charge in [-0.3, -0.25) is 0 Å². The zero-order chi connectivity index (χ0) is 10.2. The number of hydrogen-bond acceptors (Lipinski definition) is 2. The molecule has 7 heteroatoms. The van der Waals surface area contributed by atoms with Crippen LogP contribution in [0.4, 0.5) is 4.39 Å². The van der Waals surface area contributed by atoms with Crippen molar-refractivity contribution in [1.82, 2.24) is 0 Å². The van der Waals surface area contributed by atoms with E-state index in [9.17, 15) is 12.8 Å². The largest absolute Gasteiger partial charge is 0.262 e. The Bertz CT molecular complexity index is 443. The predicted octanol–water partition coefficient (Wildman–Crippen LogP) is 3.06. The molecule has 0 radical (unpaired) electrons. The quantitative estimate of drug-likeness (QED) is 0.576.